The van der Waals surface area contributed by atoms with E-state index in [1.54, 1.807) is 40.9 Å². The fraction of sp³-hybridized carbons (Fsp3) is 0.276. The number of rotatable bonds is 5. The number of halogens is 1. The van der Waals surface area contributed by atoms with Crippen molar-refractivity contribution >= 4 is 46.3 Å². The van der Waals surface area contributed by atoms with Gasteiger partial charge in [-0.1, -0.05) is 17.7 Å². The van der Waals surface area contributed by atoms with Crippen LogP contribution in [0.4, 0.5) is 16.4 Å². The number of benzene rings is 1. The number of amides is 1. The Morgan fingerprint density at radius 1 is 1.12 bits per heavy atom. The van der Waals surface area contributed by atoms with Gasteiger partial charge in [-0.2, -0.15) is 0 Å². The topological polar surface area (TPSA) is 136 Å². The van der Waals surface area contributed by atoms with Crippen LogP contribution in [0.25, 0.3) is 16.7 Å². The number of carbonyl (C=O) groups excluding carboxylic acids is 1. The first-order chi connectivity index (χ1) is 19.3. The predicted molar refractivity (Wildman–Crippen MR) is 155 cm³/mol. The fourth-order valence-corrected chi connectivity index (χ4v) is 4.97. The minimum Gasteiger partial charge on any atom is -0.497 e. The Bertz CT molecular complexity index is 1780. The van der Waals surface area contributed by atoms with Crippen molar-refractivity contribution in [2.24, 2.45) is 0 Å². The van der Waals surface area contributed by atoms with Crippen molar-refractivity contribution in [3.8, 4) is 11.4 Å². The lowest BCUT2D eigenvalue weighted by Gasteiger charge is -2.21. The van der Waals surface area contributed by atoms with Crippen LogP contribution < -0.4 is 20.4 Å². The third-order valence-electron chi connectivity index (χ3n) is 6.55. The molecule has 41 heavy (non-hydrogen) atoms. The summed E-state index contributed by atoms with van der Waals surface area (Å²) in [4.78, 5) is 48.5. The molecular weight excluding hydrogens is 550 g/mol. The Kier molecular flexibility index (Phi) is 7.08. The second-order valence-corrected chi connectivity index (χ2v) is 11.1. The molecule has 4 aromatic rings. The molecular formula is C29H28ClN5O6. The zero-order valence-electron chi connectivity index (χ0n) is 23.1. The van der Waals surface area contributed by atoms with Crippen LogP contribution in [0.2, 0.25) is 5.02 Å². The van der Waals surface area contributed by atoms with Gasteiger partial charge in [-0.3, -0.25) is 14.7 Å². The summed E-state index contributed by atoms with van der Waals surface area (Å²) in [7, 11) is 1.61. The summed E-state index contributed by atoms with van der Waals surface area (Å²) in [6.45, 7) is 8.08. The lowest BCUT2D eigenvalue weighted by molar-refractivity contribution is 0.0633. The van der Waals surface area contributed by atoms with Crippen LogP contribution in [0.5, 0.6) is 5.75 Å². The Morgan fingerprint density at radius 3 is 2.51 bits per heavy atom. The minimum absolute atomic E-state index is 0.0485. The summed E-state index contributed by atoms with van der Waals surface area (Å²) in [6, 6.07) is 8.90. The molecule has 5 rings (SSSR count). The number of hydrogen-bond acceptors (Lipinski definition) is 8. The number of fused-ring (bicyclic) bond motifs is 2. The van der Waals surface area contributed by atoms with Gasteiger partial charge >= 0.3 is 12.1 Å². The number of nitrogens with one attached hydrogen (secondary N) is 1. The maximum Gasteiger partial charge on any atom is 0.413 e. The van der Waals surface area contributed by atoms with Gasteiger partial charge in [0.2, 0.25) is 5.43 Å². The highest BCUT2D eigenvalue weighted by molar-refractivity contribution is 6.33. The maximum atomic E-state index is 13.2. The summed E-state index contributed by atoms with van der Waals surface area (Å²) in [5, 5.41) is 12.6. The normalized spacial score (nSPS) is 12.8. The monoisotopic (exact) mass is 577 g/mol. The molecule has 0 aliphatic carbocycles. The van der Waals surface area contributed by atoms with Crippen molar-refractivity contribution in [3.63, 3.8) is 0 Å². The van der Waals surface area contributed by atoms with Crippen LogP contribution in [0.1, 0.15) is 47.8 Å². The highest BCUT2D eigenvalue weighted by Crippen LogP contribution is 2.35. The zero-order valence-corrected chi connectivity index (χ0v) is 23.9. The summed E-state index contributed by atoms with van der Waals surface area (Å²) >= 11 is 6.64. The summed E-state index contributed by atoms with van der Waals surface area (Å²) < 4.78 is 12.1. The number of carboxylic acid groups (broad SMARTS) is 1. The number of ether oxygens (including phenoxy) is 2. The summed E-state index contributed by atoms with van der Waals surface area (Å²) in [5.41, 5.74) is 1.63. The van der Waals surface area contributed by atoms with Crippen LogP contribution in [-0.2, 0) is 17.8 Å². The number of aromatic carboxylic acids is 1. The van der Waals surface area contributed by atoms with Gasteiger partial charge in [-0.25, -0.2) is 19.6 Å². The number of anilines is 2. The van der Waals surface area contributed by atoms with E-state index in [2.05, 4.69) is 10.3 Å². The van der Waals surface area contributed by atoms with Crippen molar-refractivity contribution in [2.45, 2.75) is 46.4 Å². The van der Waals surface area contributed by atoms with Crippen molar-refractivity contribution in [2.75, 3.05) is 17.3 Å². The number of pyridine rings is 3. The first-order valence-electron chi connectivity index (χ1n) is 12.7. The molecule has 1 aromatic carbocycles. The molecule has 11 nitrogen and oxygen atoms in total. The smallest absolute Gasteiger partial charge is 0.413 e. The lowest BCUT2D eigenvalue weighted by atomic mass is 10.1. The van der Waals surface area contributed by atoms with E-state index in [9.17, 15) is 19.5 Å². The standard InChI is InChI=1S/C29H28ClN5O6/c1-15-8-23(32-28(39)41-29(2,3)4)31-11-22(15)35-14-20(27(37)38)24(36)19-10-21(30)26(33-25(19)35)34-12-16-6-7-18(40-5)9-17(16)13-34/h6-11,14H,12-13H2,1-5H3,(H,37,38)(H,31,32,39). The molecule has 3 aromatic heterocycles. The largest absolute Gasteiger partial charge is 0.497 e. The summed E-state index contributed by atoms with van der Waals surface area (Å²) in [5.74, 6) is 0.0417. The van der Waals surface area contributed by atoms with Gasteiger partial charge in [-0.05, 0) is 68.7 Å². The van der Waals surface area contributed by atoms with Crippen LogP contribution in [0.15, 0.2) is 47.5 Å². The van der Waals surface area contributed by atoms with Crippen LogP contribution in [0, 0.1) is 6.92 Å². The van der Waals surface area contributed by atoms with E-state index in [0.29, 0.717) is 30.2 Å². The number of methoxy groups -OCH3 is 1. The van der Waals surface area contributed by atoms with E-state index in [4.69, 9.17) is 26.1 Å². The molecule has 0 saturated heterocycles. The lowest BCUT2D eigenvalue weighted by Crippen LogP contribution is -2.27. The second-order valence-electron chi connectivity index (χ2n) is 10.7. The average molecular weight is 578 g/mol. The Balaban J connectivity index is 1.60. The van der Waals surface area contributed by atoms with Crippen molar-refractivity contribution in [3.05, 3.63) is 80.2 Å². The molecule has 212 valence electrons. The quantitative estimate of drug-likeness (QED) is 0.323. The molecule has 0 atom stereocenters. The van der Waals surface area contributed by atoms with Crippen LogP contribution in [-0.4, -0.2) is 44.4 Å². The third-order valence-corrected chi connectivity index (χ3v) is 6.83. The Morgan fingerprint density at radius 2 is 1.85 bits per heavy atom. The number of hydrogen-bond donors (Lipinski definition) is 2. The Hall–Kier alpha value is -4.64. The van der Waals surface area contributed by atoms with Gasteiger partial charge in [0.15, 0.2) is 11.5 Å². The summed E-state index contributed by atoms with van der Waals surface area (Å²) in [6.07, 6.45) is 2.03. The van der Waals surface area contributed by atoms with Crippen molar-refractivity contribution in [1.29, 1.82) is 0 Å². The van der Waals surface area contributed by atoms with Gasteiger partial charge in [0.05, 0.1) is 29.4 Å². The van der Waals surface area contributed by atoms with Gasteiger partial charge in [0, 0.05) is 19.3 Å². The third kappa shape index (κ3) is 5.53. The number of aryl methyl sites for hydroxylation is 1. The SMILES string of the molecule is COc1ccc2c(c1)CN(c1nc3c(cc1Cl)c(=O)c(C(=O)O)cn3-c1cnc(NC(=O)OC(C)(C)C)cc1C)C2. The second kappa shape index (κ2) is 10.4. The highest BCUT2D eigenvalue weighted by atomic mass is 35.5. The first-order valence-corrected chi connectivity index (χ1v) is 13.1. The molecule has 1 aliphatic heterocycles. The van der Waals surface area contributed by atoms with Crippen molar-refractivity contribution < 1.29 is 24.2 Å². The molecule has 1 aliphatic rings. The molecule has 0 saturated carbocycles. The molecule has 0 fully saturated rings. The molecule has 4 heterocycles. The van der Waals surface area contributed by atoms with Crippen LogP contribution >= 0.6 is 11.6 Å². The number of carbonyl (C=O) groups is 2. The zero-order chi connectivity index (χ0) is 29.6. The van der Waals surface area contributed by atoms with Gasteiger partial charge < -0.3 is 19.5 Å². The van der Waals surface area contributed by atoms with Crippen molar-refractivity contribution in [1.82, 2.24) is 14.5 Å². The van der Waals surface area contributed by atoms with E-state index in [1.807, 2.05) is 23.1 Å². The number of nitrogens with zero attached hydrogens (tertiary/aromatic N) is 4. The molecule has 2 N–H and O–H groups in total. The highest BCUT2D eigenvalue weighted by Gasteiger charge is 2.26. The van der Waals surface area contributed by atoms with E-state index in [-0.39, 0.29) is 21.9 Å². The molecule has 0 bridgehead atoms. The van der Waals surface area contributed by atoms with Gasteiger partial charge in [0.25, 0.3) is 0 Å². The molecule has 0 spiro atoms. The first kappa shape index (κ1) is 27.9. The van der Waals surface area contributed by atoms with E-state index in [0.717, 1.165) is 16.9 Å². The number of aromatic nitrogens is 3. The predicted octanol–water partition coefficient (Wildman–Crippen LogP) is 5.32. The van der Waals surface area contributed by atoms with Gasteiger partial charge in [-0.15, -0.1) is 0 Å². The average Bonchev–Trinajstić information content (AvgIpc) is 3.31. The Labute approximate surface area is 240 Å². The van der Waals surface area contributed by atoms with E-state index >= 15 is 0 Å². The molecule has 0 radical (unpaired) electrons. The molecule has 0 unspecified atom stereocenters. The molecule has 12 heteroatoms. The minimum atomic E-state index is -1.39. The molecule has 1 amide bonds. The van der Waals surface area contributed by atoms with E-state index < -0.39 is 28.7 Å². The fourth-order valence-electron chi connectivity index (χ4n) is 4.70. The maximum absolute atomic E-state index is 13.2. The van der Waals surface area contributed by atoms with Gasteiger partial charge in [0.1, 0.15) is 22.7 Å². The van der Waals surface area contributed by atoms with Crippen LogP contribution in [0.3, 0.4) is 0 Å². The number of carboxylic acids is 1. The van der Waals surface area contributed by atoms with E-state index in [1.165, 1.54) is 23.0 Å².